The van der Waals surface area contributed by atoms with Gasteiger partial charge in [-0.25, -0.2) is 0 Å². The molecule has 0 radical (unpaired) electrons. The molecule has 0 aliphatic carbocycles. The maximum absolute atomic E-state index is 12.2. The van der Waals surface area contributed by atoms with Gasteiger partial charge in [0.2, 0.25) is 0 Å². The average molecular weight is 408 g/mol. The third-order valence-corrected chi connectivity index (χ3v) is 5.90. The fourth-order valence-electron chi connectivity index (χ4n) is 2.38. The van der Waals surface area contributed by atoms with Gasteiger partial charge in [0.05, 0.1) is 20.9 Å². The molecule has 2 aromatic carbocycles. The Morgan fingerprint density at radius 1 is 1.31 bits per heavy atom. The van der Waals surface area contributed by atoms with E-state index in [4.69, 9.17) is 11.6 Å². The Labute approximate surface area is 162 Å². The number of rotatable bonds is 5. The van der Waals surface area contributed by atoms with E-state index in [0.29, 0.717) is 21.9 Å². The van der Waals surface area contributed by atoms with E-state index in [1.807, 2.05) is 23.6 Å². The van der Waals surface area contributed by atoms with Gasteiger partial charge in [-0.3, -0.25) is 14.9 Å². The van der Waals surface area contributed by atoms with Crippen LogP contribution in [0.25, 0.3) is 10.2 Å². The Morgan fingerprint density at radius 2 is 2.04 bits per heavy atom. The molecular formula is C17H14ClN3O3S2. The van der Waals surface area contributed by atoms with Crippen molar-refractivity contribution in [1.82, 2.24) is 4.57 Å². The Morgan fingerprint density at radius 3 is 2.69 bits per heavy atom. The summed E-state index contributed by atoms with van der Waals surface area (Å²) < 4.78 is 2.67. The minimum Gasteiger partial charge on any atom is -0.316 e. The number of nitro groups is 1. The number of carbonyl (C=O) groups is 1. The second-order valence-corrected chi connectivity index (χ2v) is 7.78. The molecule has 1 aromatic heterocycles. The molecule has 1 heterocycles. The number of nitrogens with zero attached hydrogens (tertiary/aromatic N) is 3. The van der Waals surface area contributed by atoms with Gasteiger partial charge in [0.15, 0.2) is 4.80 Å². The Bertz CT molecular complexity index is 1040. The molecule has 0 aliphatic rings. The van der Waals surface area contributed by atoms with E-state index in [-0.39, 0.29) is 17.3 Å². The first kappa shape index (κ1) is 18.6. The lowest BCUT2D eigenvalue weighted by atomic mass is 10.3. The van der Waals surface area contributed by atoms with Gasteiger partial charge in [0, 0.05) is 28.6 Å². The molecule has 0 N–H and O–H groups in total. The van der Waals surface area contributed by atoms with E-state index in [1.165, 1.54) is 35.2 Å². The van der Waals surface area contributed by atoms with Crippen LogP contribution in [0, 0.1) is 10.1 Å². The van der Waals surface area contributed by atoms with E-state index in [9.17, 15) is 14.9 Å². The molecule has 6 nitrogen and oxygen atoms in total. The Kier molecular flexibility index (Phi) is 5.75. The molecule has 3 rings (SSSR count). The fourth-order valence-corrected chi connectivity index (χ4v) is 4.28. The zero-order valence-corrected chi connectivity index (χ0v) is 16.1. The molecule has 0 aliphatic heterocycles. The van der Waals surface area contributed by atoms with Crippen LogP contribution in [0.2, 0.25) is 5.02 Å². The predicted octanol–water partition coefficient (Wildman–Crippen LogP) is 4.50. The van der Waals surface area contributed by atoms with Gasteiger partial charge in [0.25, 0.3) is 11.6 Å². The number of benzene rings is 2. The highest BCUT2D eigenvalue weighted by molar-refractivity contribution is 8.00. The van der Waals surface area contributed by atoms with Crippen LogP contribution < -0.4 is 4.80 Å². The molecule has 0 saturated carbocycles. The van der Waals surface area contributed by atoms with E-state index in [2.05, 4.69) is 4.99 Å². The lowest BCUT2D eigenvalue weighted by molar-refractivity contribution is -0.384. The van der Waals surface area contributed by atoms with Gasteiger partial charge in [-0.2, -0.15) is 4.99 Å². The molecule has 26 heavy (non-hydrogen) atoms. The predicted molar refractivity (Wildman–Crippen MR) is 105 cm³/mol. The molecule has 1 amide bonds. The number of nitro benzene ring substituents is 1. The molecule has 0 unspecified atom stereocenters. The second-order valence-electron chi connectivity index (χ2n) is 5.29. The number of carbonyl (C=O) groups excluding carboxylic acids is 1. The number of halogens is 1. The van der Waals surface area contributed by atoms with Crippen LogP contribution in [0.5, 0.6) is 0 Å². The summed E-state index contributed by atoms with van der Waals surface area (Å²) in [4.78, 5) is 28.5. The molecule has 0 spiro atoms. The zero-order chi connectivity index (χ0) is 18.7. The number of thioether (sulfide) groups is 1. The summed E-state index contributed by atoms with van der Waals surface area (Å²) in [7, 11) is 0. The minimum atomic E-state index is -0.429. The number of hydrogen-bond acceptors (Lipinski definition) is 5. The van der Waals surface area contributed by atoms with Crippen molar-refractivity contribution in [2.45, 2.75) is 18.4 Å². The van der Waals surface area contributed by atoms with Gasteiger partial charge < -0.3 is 4.57 Å². The first-order valence-corrected chi connectivity index (χ1v) is 9.89. The lowest BCUT2D eigenvalue weighted by Gasteiger charge is -2.01. The summed E-state index contributed by atoms with van der Waals surface area (Å²) in [6.07, 6.45) is 0. The number of thiazole rings is 1. The summed E-state index contributed by atoms with van der Waals surface area (Å²) in [5, 5.41) is 11.6. The quantitative estimate of drug-likeness (QED) is 0.354. The number of aromatic nitrogens is 1. The standard InChI is InChI=1S/C17H14ClN3O3S2/c1-2-20-14-9-12(21(23)24)5-8-15(14)26-17(20)19-16(22)10-25-13-6-3-11(18)4-7-13/h3-9H,2,10H2,1H3. The molecule has 9 heteroatoms. The topological polar surface area (TPSA) is 77.5 Å². The summed E-state index contributed by atoms with van der Waals surface area (Å²) in [6, 6.07) is 11.9. The van der Waals surface area contributed by atoms with Crippen LogP contribution in [0.3, 0.4) is 0 Å². The fraction of sp³-hybridized carbons (Fsp3) is 0.176. The van der Waals surface area contributed by atoms with Crippen LogP contribution >= 0.6 is 34.7 Å². The van der Waals surface area contributed by atoms with Gasteiger partial charge in [-0.15, -0.1) is 11.8 Å². The normalized spacial score (nSPS) is 11.8. The largest absolute Gasteiger partial charge is 0.316 e. The summed E-state index contributed by atoms with van der Waals surface area (Å²) in [5.74, 6) is -0.0482. The van der Waals surface area contributed by atoms with Gasteiger partial charge in [-0.1, -0.05) is 22.9 Å². The van der Waals surface area contributed by atoms with E-state index in [1.54, 1.807) is 18.2 Å². The maximum atomic E-state index is 12.2. The molecule has 0 atom stereocenters. The van der Waals surface area contributed by atoms with E-state index >= 15 is 0 Å². The number of non-ortho nitro benzene ring substituents is 1. The van der Waals surface area contributed by atoms with Crippen molar-refractivity contribution in [2.24, 2.45) is 4.99 Å². The van der Waals surface area contributed by atoms with E-state index in [0.717, 1.165) is 9.60 Å². The highest BCUT2D eigenvalue weighted by Gasteiger charge is 2.12. The lowest BCUT2D eigenvalue weighted by Crippen LogP contribution is -2.16. The van der Waals surface area contributed by atoms with Crippen LogP contribution in [0.15, 0.2) is 52.4 Å². The second kappa shape index (κ2) is 8.03. The smallest absolute Gasteiger partial charge is 0.271 e. The summed E-state index contributed by atoms with van der Waals surface area (Å²) in [5.41, 5.74) is 0.734. The number of aryl methyl sites for hydroxylation is 1. The Hall–Kier alpha value is -2.16. The molecule has 3 aromatic rings. The van der Waals surface area contributed by atoms with Gasteiger partial charge in [-0.05, 0) is 37.3 Å². The van der Waals surface area contributed by atoms with Crippen molar-refractivity contribution in [2.75, 3.05) is 5.75 Å². The van der Waals surface area contributed by atoms with Crippen molar-refractivity contribution in [3.05, 3.63) is 62.4 Å². The van der Waals surface area contributed by atoms with Crippen LogP contribution in [-0.2, 0) is 11.3 Å². The third kappa shape index (κ3) is 4.14. The molecule has 134 valence electrons. The zero-order valence-electron chi connectivity index (χ0n) is 13.7. The number of fused-ring (bicyclic) bond motifs is 1. The number of hydrogen-bond donors (Lipinski definition) is 0. The molecule has 0 saturated heterocycles. The monoisotopic (exact) mass is 407 g/mol. The van der Waals surface area contributed by atoms with Crippen LogP contribution in [-0.4, -0.2) is 21.2 Å². The minimum absolute atomic E-state index is 0.0219. The average Bonchev–Trinajstić information content (AvgIpc) is 2.97. The number of amides is 1. The first-order chi connectivity index (χ1) is 12.5. The maximum Gasteiger partial charge on any atom is 0.271 e. The van der Waals surface area contributed by atoms with Crippen molar-refractivity contribution in [3.8, 4) is 0 Å². The summed E-state index contributed by atoms with van der Waals surface area (Å²) >= 11 is 8.58. The molecule has 0 bridgehead atoms. The molecular weight excluding hydrogens is 394 g/mol. The van der Waals surface area contributed by atoms with Gasteiger partial charge in [0.1, 0.15) is 0 Å². The SMILES string of the molecule is CCn1c(=NC(=O)CSc2ccc(Cl)cc2)sc2ccc([N+](=O)[O-])cc21. The first-order valence-electron chi connectivity index (χ1n) is 7.71. The van der Waals surface area contributed by atoms with Crippen molar-refractivity contribution < 1.29 is 9.72 Å². The van der Waals surface area contributed by atoms with Crippen LogP contribution in [0.1, 0.15) is 6.92 Å². The van der Waals surface area contributed by atoms with Crippen molar-refractivity contribution in [1.29, 1.82) is 0 Å². The third-order valence-electron chi connectivity index (χ3n) is 3.59. The summed E-state index contributed by atoms with van der Waals surface area (Å²) in [6.45, 7) is 2.48. The van der Waals surface area contributed by atoms with Crippen LogP contribution in [0.4, 0.5) is 5.69 Å². The van der Waals surface area contributed by atoms with Crippen molar-refractivity contribution in [3.63, 3.8) is 0 Å². The molecule has 0 fully saturated rings. The van der Waals surface area contributed by atoms with Gasteiger partial charge >= 0.3 is 0 Å². The Balaban J connectivity index is 1.87. The highest BCUT2D eigenvalue weighted by Crippen LogP contribution is 2.23. The highest BCUT2D eigenvalue weighted by atomic mass is 35.5. The van der Waals surface area contributed by atoms with E-state index < -0.39 is 4.92 Å². The van der Waals surface area contributed by atoms with Crippen molar-refractivity contribution >= 4 is 56.5 Å².